The molecule has 0 saturated carbocycles. The Morgan fingerprint density at radius 3 is 2.35 bits per heavy atom. The van der Waals surface area contributed by atoms with Gasteiger partial charge in [0.05, 0.1) is 0 Å². The number of hydrogen-bond donors (Lipinski definition) is 1. The van der Waals surface area contributed by atoms with Crippen molar-refractivity contribution in [2.45, 2.75) is 71.3 Å². The molecule has 0 bridgehead atoms. The van der Waals surface area contributed by atoms with Crippen LogP contribution in [0.5, 0.6) is 0 Å². The Morgan fingerprint density at radius 2 is 1.71 bits per heavy atom. The highest BCUT2D eigenvalue weighted by molar-refractivity contribution is 4.80. The average Bonchev–Trinajstić information content (AvgIpc) is 2.32. The number of unbranched alkanes of at least 4 members (excludes halogenated alkanes) is 6. The minimum atomic E-state index is 0.410. The first-order valence-corrected chi connectivity index (χ1v) is 7.72. The van der Waals surface area contributed by atoms with E-state index in [0.717, 1.165) is 12.5 Å². The molecule has 102 valence electrons. The second-order valence-electron chi connectivity index (χ2n) is 5.85. The fourth-order valence-corrected chi connectivity index (χ4v) is 2.67. The molecule has 0 spiro atoms. The molecule has 1 rings (SSSR count). The molecule has 1 aliphatic rings. The molecule has 2 heteroatoms. The second kappa shape index (κ2) is 8.93. The van der Waals surface area contributed by atoms with Crippen LogP contribution in [0.3, 0.4) is 0 Å². The Hall–Kier alpha value is -0.0800. The molecular formula is C15H32N2. The van der Waals surface area contributed by atoms with Gasteiger partial charge in [-0.15, -0.1) is 0 Å². The van der Waals surface area contributed by atoms with Crippen LogP contribution < -0.4 is 5.73 Å². The predicted octanol–water partition coefficient (Wildman–Crippen LogP) is 3.41. The first-order valence-electron chi connectivity index (χ1n) is 7.72. The maximum Gasteiger partial charge on any atom is 0.0194 e. The van der Waals surface area contributed by atoms with Crippen molar-refractivity contribution in [2.24, 2.45) is 11.7 Å². The van der Waals surface area contributed by atoms with Crippen molar-refractivity contribution < 1.29 is 0 Å². The summed E-state index contributed by atoms with van der Waals surface area (Å²) in [5, 5.41) is 0. The monoisotopic (exact) mass is 240 g/mol. The zero-order chi connectivity index (χ0) is 12.5. The van der Waals surface area contributed by atoms with Gasteiger partial charge in [0.25, 0.3) is 0 Å². The van der Waals surface area contributed by atoms with E-state index in [1.54, 1.807) is 0 Å². The number of nitrogens with zero attached hydrogens (tertiary/aromatic N) is 1. The summed E-state index contributed by atoms with van der Waals surface area (Å²) >= 11 is 0. The normalized spacial score (nSPS) is 26.3. The van der Waals surface area contributed by atoms with Gasteiger partial charge in [0.1, 0.15) is 0 Å². The molecule has 0 aromatic heterocycles. The summed E-state index contributed by atoms with van der Waals surface area (Å²) < 4.78 is 0. The van der Waals surface area contributed by atoms with Crippen molar-refractivity contribution in [2.75, 3.05) is 19.6 Å². The lowest BCUT2D eigenvalue weighted by Crippen LogP contribution is -2.47. The van der Waals surface area contributed by atoms with Crippen LogP contribution in [0.15, 0.2) is 0 Å². The Bertz CT molecular complexity index is 182. The summed E-state index contributed by atoms with van der Waals surface area (Å²) in [5.41, 5.74) is 6.11. The van der Waals surface area contributed by atoms with Gasteiger partial charge in [-0.1, -0.05) is 52.4 Å². The van der Waals surface area contributed by atoms with E-state index in [1.807, 2.05) is 0 Å². The minimum Gasteiger partial charge on any atom is -0.326 e. The van der Waals surface area contributed by atoms with Gasteiger partial charge in [-0.25, -0.2) is 0 Å². The highest BCUT2D eigenvalue weighted by Crippen LogP contribution is 2.16. The first kappa shape index (κ1) is 15.0. The number of piperidine rings is 1. The van der Waals surface area contributed by atoms with Gasteiger partial charge < -0.3 is 10.6 Å². The van der Waals surface area contributed by atoms with Crippen LogP contribution in [0, 0.1) is 5.92 Å². The molecule has 2 atom stereocenters. The Morgan fingerprint density at radius 1 is 1.06 bits per heavy atom. The van der Waals surface area contributed by atoms with E-state index in [-0.39, 0.29) is 0 Å². The third kappa shape index (κ3) is 6.42. The smallest absolute Gasteiger partial charge is 0.0194 e. The van der Waals surface area contributed by atoms with Crippen LogP contribution in [-0.4, -0.2) is 30.6 Å². The largest absolute Gasteiger partial charge is 0.326 e. The van der Waals surface area contributed by atoms with Crippen LogP contribution >= 0.6 is 0 Å². The van der Waals surface area contributed by atoms with Crippen LogP contribution in [0.1, 0.15) is 65.2 Å². The molecule has 2 nitrogen and oxygen atoms in total. The molecule has 1 aliphatic heterocycles. The van der Waals surface area contributed by atoms with Gasteiger partial charge >= 0.3 is 0 Å². The zero-order valence-corrected chi connectivity index (χ0v) is 12.0. The molecule has 2 unspecified atom stereocenters. The quantitative estimate of drug-likeness (QED) is 0.659. The van der Waals surface area contributed by atoms with Crippen molar-refractivity contribution in [3.63, 3.8) is 0 Å². The standard InChI is InChI=1S/C15H32N2/c1-3-4-5-6-7-8-9-11-17-12-10-14(2)15(16)13-17/h14-15H,3-13,16H2,1-2H3. The second-order valence-corrected chi connectivity index (χ2v) is 5.85. The van der Waals surface area contributed by atoms with E-state index in [2.05, 4.69) is 18.7 Å². The molecule has 0 amide bonds. The molecule has 0 aromatic carbocycles. The number of nitrogens with two attached hydrogens (primary N) is 1. The topological polar surface area (TPSA) is 29.3 Å². The number of rotatable bonds is 8. The van der Waals surface area contributed by atoms with Crippen LogP contribution in [0.25, 0.3) is 0 Å². The van der Waals surface area contributed by atoms with E-state index in [4.69, 9.17) is 5.73 Å². The highest BCUT2D eigenvalue weighted by atomic mass is 15.1. The average molecular weight is 240 g/mol. The summed E-state index contributed by atoms with van der Waals surface area (Å²) in [6, 6.07) is 0.410. The lowest BCUT2D eigenvalue weighted by molar-refractivity contribution is 0.166. The van der Waals surface area contributed by atoms with Gasteiger partial charge in [0.15, 0.2) is 0 Å². The van der Waals surface area contributed by atoms with Crippen LogP contribution in [-0.2, 0) is 0 Å². The lowest BCUT2D eigenvalue weighted by atomic mass is 9.94. The molecular weight excluding hydrogens is 208 g/mol. The molecule has 1 fully saturated rings. The van der Waals surface area contributed by atoms with Crippen molar-refractivity contribution in [1.82, 2.24) is 4.90 Å². The van der Waals surface area contributed by atoms with E-state index < -0.39 is 0 Å². The summed E-state index contributed by atoms with van der Waals surface area (Å²) in [6.07, 6.45) is 11.1. The number of likely N-dealkylation sites (tertiary alicyclic amines) is 1. The van der Waals surface area contributed by atoms with Gasteiger partial charge in [-0.05, 0) is 31.8 Å². The fraction of sp³-hybridized carbons (Fsp3) is 1.00. The van der Waals surface area contributed by atoms with E-state index in [1.165, 1.54) is 64.5 Å². The Balaban J connectivity index is 1.92. The number of hydrogen-bond acceptors (Lipinski definition) is 2. The third-order valence-corrected chi connectivity index (χ3v) is 4.18. The molecule has 1 saturated heterocycles. The van der Waals surface area contributed by atoms with Crippen LogP contribution in [0.4, 0.5) is 0 Å². The van der Waals surface area contributed by atoms with Crippen molar-refractivity contribution in [1.29, 1.82) is 0 Å². The predicted molar refractivity (Wildman–Crippen MR) is 76.2 cm³/mol. The fourth-order valence-electron chi connectivity index (χ4n) is 2.67. The summed E-state index contributed by atoms with van der Waals surface area (Å²) in [5.74, 6) is 0.722. The van der Waals surface area contributed by atoms with E-state index in [9.17, 15) is 0 Å². The molecule has 1 heterocycles. The summed E-state index contributed by atoms with van der Waals surface area (Å²) in [4.78, 5) is 2.57. The first-order chi connectivity index (χ1) is 8.24. The minimum absolute atomic E-state index is 0.410. The molecule has 0 radical (unpaired) electrons. The van der Waals surface area contributed by atoms with Gasteiger partial charge in [-0.2, -0.15) is 0 Å². The maximum atomic E-state index is 6.11. The summed E-state index contributed by atoms with van der Waals surface area (Å²) in [7, 11) is 0. The van der Waals surface area contributed by atoms with E-state index in [0.29, 0.717) is 6.04 Å². The van der Waals surface area contributed by atoms with Gasteiger partial charge in [0.2, 0.25) is 0 Å². The maximum absolute atomic E-state index is 6.11. The highest BCUT2D eigenvalue weighted by Gasteiger charge is 2.22. The summed E-state index contributed by atoms with van der Waals surface area (Å²) in [6.45, 7) is 8.23. The van der Waals surface area contributed by atoms with Crippen molar-refractivity contribution in [3.05, 3.63) is 0 Å². The van der Waals surface area contributed by atoms with Gasteiger partial charge in [0, 0.05) is 12.6 Å². The zero-order valence-electron chi connectivity index (χ0n) is 12.0. The Kier molecular flexibility index (Phi) is 7.87. The molecule has 2 N–H and O–H groups in total. The van der Waals surface area contributed by atoms with Crippen LogP contribution in [0.2, 0.25) is 0 Å². The van der Waals surface area contributed by atoms with Crippen molar-refractivity contribution in [3.8, 4) is 0 Å². The Labute approximate surface area is 108 Å². The molecule has 17 heavy (non-hydrogen) atoms. The van der Waals surface area contributed by atoms with Gasteiger partial charge in [-0.3, -0.25) is 0 Å². The molecule has 0 aromatic rings. The SMILES string of the molecule is CCCCCCCCCN1CCC(C)C(N)C1. The van der Waals surface area contributed by atoms with E-state index >= 15 is 0 Å². The molecule has 0 aliphatic carbocycles. The van der Waals surface area contributed by atoms with Crippen molar-refractivity contribution >= 4 is 0 Å². The third-order valence-electron chi connectivity index (χ3n) is 4.18. The lowest BCUT2D eigenvalue weighted by Gasteiger charge is -2.35.